The normalized spacial score (nSPS) is 17.0. The third-order valence-corrected chi connectivity index (χ3v) is 7.51. The van der Waals surface area contributed by atoms with Gasteiger partial charge < -0.3 is 5.32 Å². The van der Waals surface area contributed by atoms with Crippen molar-refractivity contribution in [3.63, 3.8) is 0 Å². The molecular weight excluding hydrogens is 398 g/mol. The van der Waals surface area contributed by atoms with Crippen molar-refractivity contribution in [1.29, 1.82) is 0 Å². The van der Waals surface area contributed by atoms with Crippen LogP contribution in [0.3, 0.4) is 0 Å². The minimum Gasteiger partial charge on any atom is -0.348 e. The van der Waals surface area contributed by atoms with Gasteiger partial charge in [-0.1, -0.05) is 39.8 Å². The molecule has 1 atom stereocenters. The molecule has 3 rings (SSSR count). The number of fused-ring (bicyclic) bond motifs is 1. The Balaban J connectivity index is 1.70. The number of aromatic nitrogens is 1. The van der Waals surface area contributed by atoms with Gasteiger partial charge in [0.15, 0.2) is 9.84 Å². The number of nitrogens with zero attached hydrogens (tertiary/aromatic N) is 2. The molecule has 0 aliphatic carbocycles. The summed E-state index contributed by atoms with van der Waals surface area (Å²) < 4.78 is 23.8. The molecule has 0 fully saturated rings. The Morgan fingerprint density at radius 2 is 1.93 bits per heavy atom. The highest BCUT2D eigenvalue weighted by Gasteiger charge is 2.30. The van der Waals surface area contributed by atoms with Crippen LogP contribution in [-0.4, -0.2) is 43.1 Å². The zero-order valence-corrected chi connectivity index (χ0v) is 19.0. The Kier molecular flexibility index (Phi) is 6.93. The molecular formula is C23H31N3O3S. The van der Waals surface area contributed by atoms with Crippen molar-refractivity contribution in [3.05, 3.63) is 58.9 Å². The van der Waals surface area contributed by atoms with Gasteiger partial charge in [0.05, 0.1) is 27.9 Å². The first kappa shape index (κ1) is 22.4. The van der Waals surface area contributed by atoms with E-state index in [1.54, 1.807) is 37.4 Å². The van der Waals surface area contributed by atoms with E-state index in [1.807, 2.05) is 6.07 Å². The molecule has 0 bridgehead atoms. The quantitative estimate of drug-likeness (QED) is 0.730. The highest BCUT2D eigenvalue weighted by Crippen LogP contribution is 2.33. The molecule has 0 saturated heterocycles. The first-order chi connectivity index (χ1) is 14.3. The van der Waals surface area contributed by atoms with Crippen LogP contribution in [0.25, 0.3) is 0 Å². The number of carbonyl (C=O) groups is 1. The second-order valence-corrected chi connectivity index (χ2v) is 10.3. The van der Waals surface area contributed by atoms with Crippen LogP contribution in [0.15, 0.2) is 41.4 Å². The number of likely N-dealkylation sites (N-methyl/N-ethyl adjacent to an activating group) is 1. The summed E-state index contributed by atoms with van der Waals surface area (Å²) in [5.74, 6) is 0.354. The number of pyridine rings is 1. The summed E-state index contributed by atoms with van der Waals surface area (Å²) in [7, 11) is -3.21. The maximum Gasteiger partial charge on any atom is 0.253 e. The Morgan fingerprint density at radius 3 is 2.53 bits per heavy atom. The van der Waals surface area contributed by atoms with E-state index in [2.05, 4.69) is 36.0 Å². The smallest absolute Gasteiger partial charge is 0.253 e. The Morgan fingerprint density at radius 1 is 1.23 bits per heavy atom. The molecule has 1 N–H and O–H groups in total. The van der Waals surface area contributed by atoms with Crippen molar-refractivity contribution < 1.29 is 13.2 Å². The van der Waals surface area contributed by atoms with E-state index in [1.165, 1.54) is 0 Å². The highest BCUT2D eigenvalue weighted by molar-refractivity contribution is 7.91. The molecule has 1 amide bonds. The molecule has 1 unspecified atom stereocenters. The number of benzene rings is 1. The molecule has 2 aromatic rings. The Labute approximate surface area is 179 Å². The first-order valence-corrected chi connectivity index (χ1v) is 12.2. The molecule has 7 heteroatoms. The highest BCUT2D eigenvalue weighted by atomic mass is 32.2. The molecule has 1 aliphatic heterocycles. The maximum atomic E-state index is 12.7. The van der Waals surface area contributed by atoms with Crippen LogP contribution < -0.4 is 5.32 Å². The van der Waals surface area contributed by atoms with Crippen molar-refractivity contribution in [1.82, 2.24) is 15.2 Å². The fourth-order valence-electron chi connectivity index (χ4n) is 4.05. The second kappa shape index (κ2) is 9.27. The van der Waals surface area contributed by atoms with Crippen LogP contribution in [0.2, 0.25) is 0 Å². The maximum absolute atomic E-state index is 12.7. The molecule has 162 valence electrons. The number of nitrogens with one attached hydrogen (secondary N) is 1. The van der Waals surface area contributed by atoms with Gasteiger partial charge in [-0.15, -0.1) is 0 Å². The summed E-state index contributed by atoms with van der Waals surface area (Å²) in [6.45, 7) is 10.5. The summed E-state index contributed by atoms with van der Waals surface area (Å²) in [4.78, 5) is 20.1. The lowest BCUT2D eigenvalue weighted by molar-refractivity contribution is 0.0949. The number of sulfone groups is 1. The van der Waals surface area contributed by atoms with E-state index in [-0.39, 0.29) is 17.7 Å². The van der Waals surface area contributed by atoms with Gasteiger partial charge in [0.1, 0.15) is 0 Å². The molecule has 30 heavy (non-hydrogen) atoms. The summed E-state index contributed by atoms with van der Waals surface area (Å²) in [6.07, 6.45) is 2.56. The van der Waals surface area contributed by atoms with Gasteiger partial charge in [0.2, 0.25) is 0 Å². The average Bonchev–Trinajstić information content (AvgIpc) is 2.76. The number of rotatable bonds is 7. The first-order valence-electron chi connectivity index (χ1n) is 10.6. The summed E-state index contributed by atoms with van der Waals surface area (Å²) in [5.41, 5.74) is 3.65. The largest absolute Gasteiger partial charge is 0.348 e. The average molecular weight is 430 g/mol. The van der Waals surface area contributed by atoms with Gasteiger partial charge in [-0.05, 0) is 48.2 Å². The van der Waals surface area contributed by atoms with E-state index in [9.17, 15) is 13.2 Å². The van der Waals surface area contributed by atoms with Crippen molar-refractivity contribution >= 4 is 15.7 Å². The summed E-state index contributed by atoms with van der Waals surface area (Å²) >= 11 is 0. The van der Waals surface area contributed by atoms with Crippen LogP contribution >= 0.6 is 0 Å². The molecule has 1 aliphatic rings. The van der Waals surface area contributed by atoms with Crippen molar-refractivity contribution in [2.75, 3.05) is 18.8 Å². The van der Waals surface area contributed by atoms with Gasteiger partial charge >= 0.3 is 0 Å². The van der Waals surface area contributed by atoms with Crippen LogP contribution in [-0.2, 0) is 22.8 Å². The molecule has 1 aromatic carbocycles. The number of amides is 1. The monoisotopic (exact) mass is 429 g/mol. The summed E-state index contributed by atoms with van der Waals surface area (Å²) in [5, 5.41) is 2.91. The topological polar surface area (TPSA) is 79.4 Å². The number of carbonyl (C=O) groups excluding carboxylic acids is 1. The fraction of sp³-hybridized carbons (Fsp3) is 0.478. The van der Waals surface area contributed by atoms with E-state index >= 15 is 0 Å². The van der Waals surface area contributed by atoms with Crippen molar-refractivity contribution in [2.24, 2.45) is 5.92 Å². The van der Waals surface area contributed by atoms with Crippen LogP contribution in [0.4, 0.5) is 0 Å². The van der Waals surface area contributed by atoms with Crippen LogP contribution in [0, 0.1) is 5.92 Å². The van der Waals surface area contributed by atoms with E-state index in [0.29, 0.717) is 22.9 Å². The van der Waals surface area contributed by atoms with Crippen molar-refractivity contribution in [2.45, 2.75) is 51.6 Å². The third kappa shape index (κ3) is 4.73. The van der Waals surface area contributed by atoms with Gasteiger partial charge in [-0.3, -0.25) is 14.7 Å². The SMILES string of the molecule is CCN1CCc2cc(C(=O)NCc3ccc(S(=O)(=O)CC)cc3)cnc2C1C(C)C. The molecule has 6 nitrogen and oxygen atoms in total. The molecule has 1 aromatic heterocycles. The van der Waals surface area contributed by atoms with E-state index in [0.717, 1.165) is 36.3 Å². The molecule has 0 spiro atoms. The number of hydrogen-bond acceptors (Lipinski definition) is 5. The predicted molar refractivity (Wildman–Crippen MR) is 118 cm³/mol. The molecule has 2 heterocycles. The Hall–Kier alpha value is -2.25. The molecule has 0 radical (unpaired) electrons. The van der Waals surface area contributed by atoms with Crippen LogP contribution in [0.1, 0.15) is 60.9 Å². The Bertz CT molecular complexity index is 1000. The minimum atomic E-state index is -3.21. The standard InChI is InChI=1S/C23H31N3O3S/c1-5-26-12-11-18-13-19(15-24-21(18)22(26)16(3)4)23(27)25-14-17-7-9-20(10-8-17)30(28,29)6-2/h7-10,13,15-16,22H,5-6,11-12,14H2,1-4H3,(H,25,27). The van der Waals surface area contributed by atoms with E-state index < -0.39 is 9.84 Å². The lowest BCUT2D eigenvalue weighted by Crippen LogP contribution is -2.38. The zero-order valence-electron chi connectivity index (χ0n) is 18.2. The van der Waals surface area contributed by atoms with Gasteiger partial charge in [-0.25, -0.2) is 8.42 Å². The van der Waals surface area contributed by atoms with Crippen LogP contribution in [0.5, 0.6) is 0 Å². The van der Waals surface area contributed by atoms with Gasteiger partial charge in [0, 0.05) is 19.3 Å². The summed E-state index contributed by atoms with van der Waals surface area (Å²) in [6, 6.07) is 8.91. The van der Waals surface area contributed by atoms with Gasteiger partial charge in [-0.2, -0.15) is 0 Å². The predicted octanol–water partition coefficient (Wildman–Crippen LogP) is 3.38. The molecule has 0 saturated carbocycles. The fourth-order valence-corrected chi connectivity index (χ4v) is 4.93. The van der Waals surface area contributed by atoms with Gasteiger partial charge in [0.25, 0.3) is 5.91 Å². The third-order valence-electron chi connectivity index (χ3n) is 5.76. The lowest BCUT2D eigenvalue weighted by Gasteiger charge is -2.38. The minimum absolute atomic E-state index is 0.0715. The van der Waals surface area contributed by atoms with Crippen molar-refractivity contribution in [3.8, 4) is 0 Å². The van der Waals surface area contributed by atoms with E-state index in [4.69, 9.17) is 0 Å². The lowest BCUT2D eigenvalue weighted by atomic mass is 9.89. The second-order valence-electron chi connectivity index (χ2n) is 8.07. The zero-order chi connectivity index (χ0) is 21.9. The number of hydrogen-bond donors (Lipinski definition) is 1.